The van der Waals surface area contributed by atoms with Crippen molar-refractivity contribution in [1.29, 1.82) is 0 Å². The van der Waals surface area contributed by atoms with E-state index in [2.05, 4.69) is 10.3 Å². The van der Waals surface area contributed by atoms with E-state index in [0.29, 0.717) is 22.8 Å². The second-order valence-corrected chi connectivity index (χ2v) is 6.26. The van der Waals surface area contributed by atoms with Gasteiger partial charge in [-0.2, -0.15) is 0 Å². The lowest BCUT2D eigenvalue weighted by molar-refractivity contribution is -0.384. The maximum absolute atomic E-state index is 12.6. The van der Waals surface area contributed by atoms with Crippen molar-refractivity contribution in [2.75, 3.05) is 19.6 Å². The van der Waals surface area contributed by atoms with Crippen molar-refractivity contribution in [3.05, 3.63) is 45.5 Å². The number of aromatic nitrogens is 1. The summed E-state index contributed by atoms with van der Waals surface area (Å²) in [7, 11) is 0. The molecule has 1 aromatic heterocycles. The number of amides is 1. The Morgan fingerprint density at radius 2 is 2.29 bits per heavy atom. The molecular formula is C15H17ClN4O3S. The quantitative estimate of drug-likeness (QED) is 0.664. The molecule has 1 N–H and O–H groups in total. The number of nitro benzene ring substituents is 1. The molecule has 24 heavy (non-hydrogen) atoms. The van der Waals surface area contributed by atoms with Crippen LogP contribution in [0.1, 0.15) is 17.4 Å². The molecule has 128 valence electrons. The Hall–Kier alpha value is -2.03. The fraction of sp³-hybridized carbons (Fsp3) is 0.333. The van der Waals surface area contributed by atoms with E-state index in [-0.39, 0.29) is 30.0 Å². The molecule has 1 aliphatic rings. The third-order valence-electron chi connectivity index (χ3n) is 3.79. The van der Waals surface area contributed by atoms with Gasteiger partial charge in [0.2, 0.25) is 0 Å². The van der Waals surface area contributed by atoms with Crippen LogP contribution in [0, 0.1) is 10.1 Å². The highest BCUT2D eigenvalue weighted by molar-refractivity contribution is 7.13. The van der Waals surface area contributed by atoms with E-state index in [1.807, 2.05) is 11.8 Å². The molecule has 0 saturated carbocycles. The number of nitrogens with zero attached hydrogens (tertiary/aromatic N) is 3. The number of hydrogen-bond donors (Lipinski definition) is 1. The predicted molar refractivity (Wildman–Crippen MR) is 94.8 cm³/mol. The molecule has 1 aromatic carbocycles. The van der Waals surface area contributed by atoms with Gasteiger partial charge >= 0.3 is 0 Å². The molecule has 0 unspecified atom stereocenters. The van der Waals surface area contributed by atoms with Gasteiger partial charge in [0, 0.05) is 48.8 Å². The lowest BCUT2D eigenvalue weighted by Gasteiger charge is -2.33. The third-order valence-corrected chi connectivity index (χ3v) is 4.68. The van der Waals surface area contributed by atoms with E-state index in [4.69, 9.17) is 0 Å². The molecule has 3 rings (SSSR count). The molecule has 1 amide bonds. The topological polar surface area (TPSA) is 88.4 Å². The maximum atomic E-state index is 12.6. The van der Waals surface area contributed by atoms with Crippen LogP contribution < -0.4 is 5.32 Å². The number of carbonyl (C=O) groups excluding carboxylic acids is 1. The molecule has 2 aromatic rings. The van der Waals surface area contributed by atoms with Crippen molar-refractivity contribution < 1.29 is 9.72 Å². The van der Waals surface area contributed by atoms with E-state index >= 15 is 0 Å². The van der Waals surface area contributed by atoms with E-state index in [9.17, 15) is 14.9 Å². The highest BCUT2D eigenvalue weighted by Crippen LogP contribution is 2.27. The Balaban J connectivity index is 0.00000208. The third kappa shape index (κ3) is 3.72. The number of piperazine rings is 1. The first kappa shape index (κ1) is 18.3. The fourth-order valence-corrected chi connectivity index (χ4v) is 3.34. The number of benzene rings is 1. The number of nitro groups is 1. The summed E-state index contributed by atoms with van der Waals surface area (Å²) < 4.78 is 0. The summed E-state index contributed by atoms with van der Waals surface area (Å²) in [5.74, 6) is -0.0908. The van der Waals surface area contributed by atoms with E-state index in [1.54, 1.807) is 17.5 Å². The Bertz CT molecular complexity index is 752. The molecular weight excluding hydrogens is 352 g/mol. The minimum atomic E-state index is -0.439. The van der Waals surface area contributed by atoms with Crippen molar-refractivity contribution in [2.45, 2.75) is 13.0 Å². The normalized spacial score (nSPS) is 17.2. The number of non-ortho nitro benzene ring substituents is 1. The maximum Gasteiger partial charge on any atom is 0.273 e. The SMILES string of the molecule is C[C@@H]1CNCCN1C(=O)c1csc(-c2cccc([N+](=O)[O-])c2)n1.Cl. The van der Waals surface area contributed by atoms with Crippen molar-refractivity contribution in [2.24, 2.45) is 0 Å². The highest BCUT2D eigenvalue weighted by atomic mass is 35.5. The first-order valence-corrected chi connectivity index (χ1v) is 8.16. The minimum Gasteiger partial charge on any atom is -0.332 e. The minimum absolute atomic E-state index is 0. The van der Waals surface area contributed by atoms with E-state index < -0.39 is 4.92 Å². The summed E-state index contributed by atoms with van der Waals surface area (Å²) in [4.78, 5) is 29.2. The van der Waals surface area contributed by atoms with Crippen molar-refractivity contribution >= 4 is 35.3 Å². The molecule has 1 fully saturated rings. The molecule has 0 spiro atoms. The number of carbonyl (C=O) groups is 1. The monoisotopic (exact) mass is 368 g/mol. The standard InChI is InChI=1S/C15H16N4O3S.ClH/c1-10-8-16-5-6-18(10)15(20)13-9-23-14(17-13)11-3-2-4-12(7-11)19(21)22;/h2-4,7,9-10,16H,5-6,8H2,1H3;1H/t10-;/m1./s1. The summed E-state index contributed by atoms with van der Waals surface area (Å²) in [6.07, 6.45) is 0. The molecule has 1 aliphatic heterocycles. The summed E-state index contributed by atoms with van der Waals surface area (Å²) >= 11 is 1.32. The van der Waals surface area contributed by atoms with Crippen molar-refractivity contribution in [3.8, 4) is 10.6 Å². The average Bonchev–Trinajstić information content (AvgIpc) is 3.05. The van der Waals surface area contributed by atoms with E-state index in [1.165, 1.54) is 23.5 Å². The summed E-state index contributed by atoms with van der Waals surface area (Å²) in [5.41, 5.74) is 1.06. The Labute approximate surface area is 149 Å². The average molecular weight is 369 g/mol. The highest BCUT2D eigenvalue weighted by Gasteiger charge is 2.26. The van der Waals surface area contributed by atoms with Crippen LogP contribution in [0.2, 0.25) is 0 Å². The molecule has 2 heterocycles. The zero-order valence-electron chi connectivity index (χ0n) is 13.0. The Morgan fingerprint density at radius 3 is 3.00 bits per heavy atom. The Morgan fingerprint density at radius 1 is 1.50 bits per heavy atom. The van der Waals surface area contributed by atoms with Gasteiger partial charge < -0.3 is 10.2 Å². The van der Waals surface area contributed by atoms with Crippen molar-refractivity contribution in [3.63, 3.8) is 0 Å². The molecule has 7 nitrogen and oxygen atoms in total. The summed E-state index contributed by atoms with van der Waals surface area (Å²) in [5, 5.41) is 16.4. The molecule has 1 saturated heterocycles. The first-order chi connectivity index (χ1) is 11.1. The Kier molecular flexibility index (Phi) is 5.87. The number of thiazole rings is 1. The molecule has 0 aliphatic carbocycles. The second-order valence-electron chi connectivity index (χ2n) is 5.40. The van der Waals surface area contributed by atoms with Gasteiger partial charge in [0.25, 0.3) is 11.6 Å². The van der Waals surface area contributed by atoms with E-state index in [0.717, 1.165) is 13.1 Å². The molecule has 1 atom stereocenters. The number of rotatable bonds is 3. The van der Waals surface area contributed by atoms with Gasteiger partial charge in [-0.3, -0.25) is 14.9 Å². The first-order valence-electron chi connectivity index (χ1n) is 7.28. The van der Waals surface area contributed by atoms with Gasteiger partial charge in [0.15, 0.2) is 0 Å². The molecule has 0 radical (unpaired) electrons. The van der Waals surface area contributed by atoms with Gasteiger partial charge in [-0.05, 0) is 6.92 Å². The van der Waals surface area contributed by atoms with Gasteiger partial charge in [0.05, 0.1) is 4.92 Å². The van der Waals surface area contributed by atoms with Gasteiger partial charge in [-0.15, -0.1) is 23.7 Å². The van der Waals surface area contributed by atoms with Crippen LogP contribution in [0.5, 0.6) is 0 Å². The second kappa shape index (κ2) is 7.69. The zero-order chi connectivity index (χ0) is 16.4. The van der Waals surface area contributed by atoms with Crippen molar-refractivity contribution in [1.82, 2.24) is 15.2 Å². The molecule has 0 bridgehead atoms. The smallest absolute Gasteiger partial charge is 0.273 e. The van der Waals surface area contributed by atoms with Gasteiger partial charge in [-0.1, -0.05) is 12.1 Å². The van der Waals surface area contributed by atoms with Crippen LogP contribution in [0.4, 0.5) is 5.69 Å². The summed E-state index contributed by atoms with van der Waals surface area (Å²) in [6, 6.07) is 6.41. The van der Waals surface area contributed by atoms with Crippen LogP contribution in [-0.4, -0.2) is 46.4 Å². The number of hydrogen-bond acceptors (Lipinski definition) is 6. The largest absolute Gasteiger partial charge is 0.332 e. The number of halogens is 1. The molecule has 9 heteroatoms. The zero-order valence-corrected chi connectivity index (χ0v) is 14.6. The number of nitrogens with one attached hydrogen (secondary N) is 1. The van der Waals surface area contributed by atoms with Crippen LogP contribution in [0.3, 0.4) is 0 Å². The fourth-order valence-electron chi connectivity index (χ4n) is 2.55. The lowest BCUT2D eigenvalue weighted by Crippen LogP contribution is -2.52. The van der Waals surface area contributed by atoms with Crippen LogP contribution >= 0.6 is 23.7 Å². The lowest BCUT2D eigenvalue weighted by atomic mass is 10.2. The van der Waals surface area contributed by atoms with Crippen LogP contribution in [0.15, 0.2) is 29.6 Å². The van der Waals surface area contributed by atoms with Gasteiger partial charge in [-0.25, -0.2) is 4.98 Å². The summed E-state index contributed by atoms with van der Waals surface area (Å²) in [6.45, 7) is 4.20. The van der Waals surface area contributed by atoms with Crippen LogP contribution in [0.25, 0.3) is 10.6 Å². The van der Waals surface area contributed by atoms with Gasteiger partial charge in [0.1, 0.15) is 10.7 Å². The van der Waals surface area contributed by atoms with Crippen LogP contribution in [-0.2, 0) is 0 Å². The predicted octanol–water partition coefficient (Wildman–Crippen LogP) is 2.57.